The van der Waals surface area contributed by atoms with Gasteiger partial charge in [0.25, 0.3) is 5.69 Å². The normalized spacial score (nSPS) is 18.6. The maximum atomic E-state index is 13.1. The SMILES string of the molecule is O=C(O)CC1CCCN1c1ccc(F)cc1[N+](=O)[O-]. The number of carbonyl (C=O) groups is 1. The van der Waals surface area contributed by atoms with E-state index in [2.05, 4.69) is 0 Å². The molecule has 0 saturated carbocycles. The molecule has 19 heavy (non-hydrogen) atoms. The van der Waals surface area contributed by atoms with Gasteiger partial charge in [0, 0.05) is 12.6 Å². The van der Waals surface area contributed by atoms with Crippen LogP contribution >= 0.6 is 0 Å². The third-order valence-electron chi connectivity index (χ3n) is 3.23. The first-order valence-corrected chi connectivity index (χ1v) is 5.91. The molecule has 0 aromatic heterocycles. The van der Waals surface area contributed by atoms with Crippen LogP contribution in [0.25, 0.3) is 0 Å². The van der Waals surface area contributed by atoms with Crippen LogP contribution in [-0.2, 0) is 4.79 Å². The number of halogens is 1. The Labute approximate surface area is 108 Å². The topological polar surface area (TPSA) is 83.7 Å². The van der Waals surface area contributed by atoms with E-state index in [0.717, 1.165) is 18.6 Å². The summed E-state index contributed by atoms with van der Waals surface area (Å²) in [5.41, 5.74) is -0.0348. The van der Waals surface area contributed by atoms with Crippen molar-refractivity contribution in [3.63, 3.8) is 0 Å². The lowest BCUT2D eigenvalue weighted by Crippen LogP contribution is -2.31. The molecule has 1 aliphatic heterocycles. The van der Waals surface area contributed by atoms with E-state index in [-0.39, 0.29) is 23.8 Å². The first-order valence-electron chi connectivity index (χ1n) is 5.91. The number of nitrogens with zero attached hydrogens (tertiary/aromatic N) is 2. The van der Waals surface area contributed by atoms with Gasteiger partial charge in [0.1, 0.15) is 11.5 Å². The molecule has 7 heteroatoms. The van der Waals surface area contributed by atoms with Crippen LogP contribution in [-0.4, -0.2) is 28.6 Å². The third-order valence-corrected chi connectivity index (χ3v) is 3.23. The fourth-order valence-corrected chi connectivity index (χ4v) is 2.45. The van der Waals surface area contributed by atoms with Gasteiger partial charge in [-0.1, -0.05) is 0 Å². The van der Waals surface area contributed by atoms with Crippen LogP contribution in [0.5, 0.6) is 0 Å². The van der Waals surface area contributed by atoms with Crippen molar-refractivity contribution in [3.8, 4) is 0 Å². The van der Waals surface area contributed by atoms with Crippen LogP contribution in [0.3, 0.4) is 0 Å². The molecule has 1 saturated heterocycles. The number of nitro benzene ring substituents is 1. The Hall–Kier alpha value is -2.18. The summed E-state index contributed by atoms with van der Waals surface area (Å²) < 4.78 is 13.1. The lowest BCUT2D eigenvalue weighted by atomic mass is 10.1. The molecule has 1 aliphatic rings. The van der Waals surface area contributed by atoms with Crippen molar-refractivity contribution in [2.45, 2.75) is 25.3 Å². The number of anilines is 1. The molecule has 0 bridgehead atoms. The first kappa shape index (κ1) is 13.3. The van der Waals surface area contributed by atoms with Crippen molar-refractivity contribution < 1.29 is 19.2 Å². The highest BCUT2D eigenvalue weighted by Gasteiger charge is 2.31. The van der Waals surface area contributed by atoms with E-state index in [0.29, 0.717) is 13.0 Å². The fourth-order valence-electron chi connectivity index (χ4n) is 2.45. The molecule has 102 valence electrons. The second kappa shape index (κ2) is 5.21. The van der Waals surface area contributed by atoms with E-state index >= 15 is 0 Å². The van der Waals surface area contributed by atoms with Crippen molar-refractivity contribution in [1.82, 2.24) is 0 Å². The third kappa shape index (κ3) is 2.81. The van der Waals surface area contributed by atoms with Crippen LogP contribution in [0.4, 0.5) is 15.8 Å². The molecule has 0 radical (unpaired) electrons. The van der Waals surface area contributed by atoms with E-state index in [4.69, 9.17) is 5.11 Å². The Kier molecular flexibility index (Phi) is 3.64. The fraction of sp³-hybridized carbons (Fsp3) is 0.417. The number of hydrogen-bond acceptors (Lipinski definition) is 4. The van der Waals surface area contributed by atoms with Crippen LogP contribution in [0, 0.1) is 15.9 Å². The zero-order valence-corrected chi connectivity index (χ0v) is 10.1. The minimum Gasteiger partial charge on any atom is -0.481 e. The van der Waals surface area contributed by atoms with E-state index in [1.54, 1.807) is 4.90 Å². The quantitative estimate of drug-likeness (QED) is 0.668. The van der Waals surface area contributed by atoms with Crippen LogP contribution in [0.2, 0.25) is 0 Å². The summed E-state index contributed by atoms with van der Waals surface area (Å²) in [5.74, 6) is -1.62. The molecule has 1 aromatic carbocycles. The molecule has 1 atom stereocenters. The number of carboxylic acids is 1. The zero-order valence-electron chi connectivity index (χ0n) is 10.1. The van der Waals surface area contributed by atoms with Gasteiger partial charge in [-0.3, -0.25) is 14.9 Å². The maximum Gasteiger partial charge on any atom is 0.305 e. The average Bonchev–Trinajstić information content (AvgIpc) is 2.76. The minimum atomic E-state index is -0.943. The second-order valence-corrected chi connectivity index (χ2v) is 4.48. The van der Waals surface area contributed by atoms with Crippen LogP contribution < -0.4 is 4.90 Å². The number of aliphatic carboxylic acids is 1. The largest absolute Gasteiger partial charge is 0.481 e. The lowest BCUT2D eigenvalue weighted by Gasteiger charge is -2.25. The van der Waals surface area contributed by atoms with E-state index in [1.807, 2.05) is 0 Å². The summed E-state index contributed by atoms with van der Waals surface area (Å²) in [5, 5.41) is 19.8. The summed E-state index contributed by atoms with van der Waals surface area (Å²) in [6.45, 7) is 0.546. The van der Waals surface area contributed by atoms with Gasteiger partial charge in [0.15, 0.2) is 0 Å². The van der Waals surface area contributed by atoms with Gasteiger partial charge in [0.2, 0.25) is 0 Å². The summed E-state index contributed by atoms with van der Waals surface area (Å²) >= 11 is 0. The average molecular weight is 268 g/mol. The molecular formula is C12H13FN2O4. The van der Waals surface area contributed by atoms with Crippen molar-refractivity contribution in [1.29, 1.82) is 0 Å². The van der Waals surface area contributed by atoms with Gasteiger partial charge in [-0.25, -0.2) is 4.39 Å². The van der Waals surface area contributed by atoms with Gasteiger partial charge < -0.3 is 10.0 Å². The summed E-state index contributed by atoms with van der Waals surface area (Å²) in [6, 6.07) is 3.08. The maximum absolute atomic E-state index is 13.1. The highest BCUT2D eigenvalue weighted by molar-refractivity contribution is 5.70. The minimum absolute atomic E-state index is 0.0749. The van der Waals surface area contributed by atoms with Gasteiger partial charge in [0.05, 0.1) is 17.4 Å². The lowest BCUT2D eigenvalue weighted by molar-refractivity contribution is -0.384. The monoisotopic (exact) mass is 268 g/mol. The molecule has 1 aromatic rings. The van der Waals surface area contributed by atoms with Crippen LogP contribution in [0.15, 0.2) is 18.2 Å². The molecule has 1 unspecified atom stereocenters. The van der Waals surface area contributed by atoms with Crippen molar-refractivity contribution in [2.24, 2.45) is 0 Å². The number of carboxylic acid groups (broad SMARTS) is 1. The number of benzene rings is 1. The number of nitro groups is 1. The molecular weight excluding hydrogens is 255 g/mol. The molecule has 6 nitrogen and oxygen atoms in total. The number of hydrogen-bond donors (Lipinski definition) is 1. The molecule has 0 aliphatic carbocycles. The standard InChI is InChI=1S/C12H13FN2O4/c13-8-3-4-10(11(6-8)15(18)19)14-5-1-2-9(14)7-12(16)17/h3-4,6,9H,1-2,5,7H2,(H,16,17). The van der Waals surface area contributed by atoms with Gasteiger partial charge in [-0.2, -0.15) is 0 Å². The first-order chi connectivity index (χ1) is 8.99. The highest BCUT2D eigenvalue weighted by Crippen LogP contribution is 2.34. The highest BCUT2D eigenvalue weighted by atomic mass is 19.1. The second-order valence-electron chi connectivity index (χ2n) is 4.48. The van der Waals surface area contributed by atoms with Gasteiger partial charge in [-0.15, -0.1) is 0 Å². The summed E-state index contributed by atoms with van der Waals surface area (Å²) in [6.07, 6.45) is 1.36. The molecule has 1 fully saturated rings. The van der Waals surface area contributed by atoms with E-state index < -0.39 is 16.7 Å². The zero-order chi connectivity index (χ0) is 14.0. The van der Waals surface area contributed by atoms with Crippen molar-refractivity contribution in [3.05, 3.63) is 34.1 Å². The van der Waals surface area contributed by atoms with Crippen molar-refractivity contribution >= 4 is 17.3 Å². The smallest absolute Gasteiger partial charge is 0.305 e. The van der Waals surface area contributed by atoms with E-state index in [9.17, 15) is 19.3 Å². The Bertz CT molecular complexity index is 520. The summed E-state index contributed by atoms with van der Waals surface area (Å²) in [7, 11) is 0. The predicted octanol–water partition coefficient (Wildman–Crippen LogP) is 2.18. The van der Waals surface area contributed by atoms with Gasteiger partial charge in [-0.05, 0) is 25.0 Å². The summed E-state index contributed by atoms with van der Waals surface area (Å²) in [4.78, 5) is 22.8. The molecule has 2 rings (SSSR count). The Morgan fingerprint density at radius 3 is 2.95 bits per heavy atom. The Morgan fingerprint density at radius 1 is 1.58 bits per heavy atom. The molecule has 0 spiro atoms. The van der Waals surface area contributed by atoms with Crippen molar-refractivity contribution in [2.75, 3.05) is 11.4 Å². The molecule has 1 N–H and O–H groups in total. The van der Waals surface area contributed by atoms with Gasteiger partial charge >= 0.3 is 5.97 Å². The van der Waals surface area contributed by atoms with E-state index in [1.165, 1.54) is 6.07 Å². The Balaban J connectivity index is 2.35. The molecule has 1 heterocycles. The van der Waals surface area contributed by atoms with Crippen LogP contribution in [0.1, 0.15) is 19.3 Å². The number of rotatable bonds is 4. The predicted molar refractivity (Wildman–Crippen MR) is 65.7 cm³/mol. The Morgan fingerprint density at radius 2 is 2.32 bits per heavy atom. The molecule has 0 amide bonds.